The lowest BCUT2D eigenvalue weighted by Gasteiger charge is -2.13. The van der Waals surface area contributed by atoms with Gasteiger partial charge in [-0.3, -0.25) is 4.79 Å². The lowest BCUT2D eigenvalue weighted by atomic mass is 9.98. The van der Waals surface area contributed by atoms with Crippen LogP contribution in [0.1, 0.15) is 38.1 Å². The predicted molar refractivity (Wildman–Crippen MR) is 82.9 cm³/mol. The summed E-state index contributed by atoms with van der Waals surface area (Å²) in [5, 5.41) is 5.20. The highest BCUT2D eigenvalue weighted by Gasteiger charge is 2.13. The number of hydrazone groups is 1. The second-order valence-electron chi connectivity index (χ2n) is 5.53. The lowest BCUT2D eigenvalue weighted by molar-refractivity contribution is 0.0956. The Balaban J connectivity index is 2.22. The normalized spacial score (nSPS) is 11.1. The summed E-state index contributed by atoms with van der Waals surface area (Å²) in [6.07, 6.45) is 1.72. The van der Waals surface area contributed by atoms with Crippen LogP contribution in [-0.4, -0.2) is 16.6 Å². The first-order valence-electron chi connectivity index (χ1n) is 6.94. The average molecular weight is 271 g/mol. The number of hydrogen-bond acceptors (Lipinski definition) is 2. The number of aromatic nitrogens is 1. The summed E-state index contributed by atoms with van der Waals surface area (Å²) in [5.41, 5.74) is 5.24. The molecule has 0 aliphatic heterocycles. The third kappa shape index (κ3) is 2.90. The molecule has 0 unspecified atom stereocenters. The predicted octanol–water partition coefficient (Wildman–Crippen LogP) is 3.57. The molecule has 0 spiro atoms. The number of aromatic amines is 1. The van der Waals surface area contributed by atoms with Gasteiger partial charge in [-0.2, -0.15) is 5.10 Å². The Morgan fingerprint density at radius 3 is 2.45 bits per heavy atom. The fourth-order valence-electron chi connectivity index (χ4n) is 2.36. The van der Waals surface area contributed by atoms with Crippen LogP contribution >= 0.6 is 0 Å². The third-order valence-electron chi connectivity index (χ3n) is 3.30. The molecule has 2 N–H and O–H groups in total. The number of hydrogen-bond donors (Lipinski definition) is 2. The summed E-state index contributed by atoms with van der Waals surface area (Å²) in [6.45, 7) is 8.32. The highest BCUT2D eigenvalue weighted by molar-refractivity contribution is 6.07. The van der Waals surface area contributed by atoms with Crippen molar-refractivity contribution < 1.29 is 4.79 Å². The van der Waals surface area contributed by atoms with Crippen LogP contribution < -0.4 is 5.43 Å². The highest BCUT2D eigenvalue weighted by Crippen LogP contribution is 2.17. The zero-order valence-corrected chi connectivity index (χ0v) is 12.4. The number of benzene rings is 1. The van der Waals surface area contributed by atoms with Gasteiger partial charge in [0.2, 0.25) is 0 Å². The van der Waals surface area contributed by atoms with Crippen LogP contribution in [0.25, 0.3) is 10.9 Å². The van der Waals surface area contributed by atoms with E-state index in [1.807, 2.05) is 24.3 Å². The quantitative estimate of drug-likeness (QED) is 0.648. The van der Waals surface area contributed by atoms with E-state index in [1.54, 1.807) is 6.20 Å². The lowest BCUT2D eigenvalue weighted by Crippen LogP contribution is -2.24. The van der Waals surface area contributed by atoms with Gasteiger partial charge in [-0.1, -0.05) is 45.9 Å². The molecule has 1 amide bonds. The van der Waals surface area contributed by atoms with Gasteiger partial charge in [-0.25, -0.2) is 5.43 Å². The van der Waals surface area contributed by atoms with E-state index in [9.17, 15) is 4.79 Å². The monoisotopic (exact) mass is 271 g/mol. The molecule has 106 valence electrons. The van der Waals surface area contributed by atoms with Crippen LogP contribution in [-0.2, 0) is 0 Å². The molecule has 0 radical (unpaired) electrons. The maximum atomic E-state index is 12.2. The van der Waals surface area contributed by atoms with Crippen LogP contribution in [0.2, 0.25) is 0 Å². The molecule has 0 saturated heterocycles. The average Bonchev–Trinajstić information content (AvgIpc) is 2.81. The molecule has 0 aliphatic rings. The summed E-state index contributed by atoms with van der Waals surface area (Å²) in [6, 6.07) is 7.73. The van der Waals surface area contributed by atoms with Crippen molar-refractivity contribution in [2.24, 2.45) is 16.9 Å². The fourth-order valence-corrected chi connectivity index (χ4v) is 2.36. The van der Waals surface area contributed by atoms with Crippen LogP contribution in [0.4, 0.5) is 0 Å². The molecule has 2 rings (SSSR count). The van der Waals surface area contributed by atoms with Crippen molar-refractivity contribution in [1.82, 2.24) is 10.4 Å². The topological polar surface area (TPSA) is 57.2 Å². The number of amides is 1. The Kier molecular flexibility index (Phi) is 4.23. The van der Waals surface area contributed by atoms with Crippen molar-refractivity contribution in [3.63, 3.8) is 0 Å². The summed E-state index contributed by atoms with van der Waals surface area (Å²) in [4.78, 5) is 15.3. The number of H-pyrrole nitrogens is 1. The molecule has 2 aromatic rings. The number of para-hydroxylation sites is 1. The molecule has 1 aromatic carbocycles. The minimum Gasteiger partial charge on any atom is -0.360 e. The van der Waals surface area contributed by atoms with Crippen LogP contribution in [0, 0.1) is 11.8 Å². The minimum atomic E-state index is -0.179. The van der Waals surface area contributed by atoms with Crippen molar-refractivity contribution in [3.05, 3.63) is 36.0 Å². The van der Waals surface area contributed by atoms with Gasteiger partial charge >= 0.3 is 0 Å². The van der Waals surface area contributed by atoms with E-state index in [0.717, 1.165) is 16.6 Å². The molecule has 0 fully saturated rings. The number of carbonyl (C=O) groups excluding carboxylic acids is 1. The molecule has 1 aromatic heterocycles. The van der Waals surface area contributed by atoms with Gasteiger partial charge in [0.15, 0.2) is 0 Å². The maximum Gasteiger partial charge on any atom is 0.273 e. The zero-order valence-electron chi connectivity index (χ0n) is 12.4. The molecule has 20 heavy (non-hydrogen) atoms. The molecule has 0 aliphatic carbocycles. The molecule has 0 saturated carbocycles. The van der Waals surface area contributed by atoms with Gasteiger partial charge in [0.25, 0.3) is 5.91 Å². The van der Waals surface area contributed by atoms with Gasteiger partial charge in [0.05, 0.1) is 5.56 Å². The van der Waals surface area contributed by atoms with Gasteiger partial charge < -0.3 is 4.98 Å². The van der Waals surface area contributed by atoms with Crippen molar-refractivity contribution in [1.29, 1.82) is 0 Å². The van der Waals surface area contributed by atoms with Crippen molar-refractivity contribution in [3.8, 4) is 0 Å². The van der Waals surface area contributed by atoms with E-state index in [1.165, 1.54) is 0 Å². The van der Waals surface area contributed by atoms with Gasteiger partial charge in [0.1, 0.15) is 0 Å². The summed E-state index contributed by atoms with van der Waals surface area (Å²) in [5.74, 6) is 0.456. The Hall–Kier alpha value is -2.10. The van der Waals surface area contributed by atoms with Crippen molar-refractivity contribution in [2.45, 2.75) is 27.7 Å². The number of carbonyl (C=O) groups is 1. The molecule has 0 bridgehead atoms. The van der Waals surface area contributed by atoms with Crippen molar-refractivity contribution in [2.75, 3.05) is 0 Å². The van der Waals surface area contributed by atoms with Crippen LogP contribution in [0.15, 0.2) is 35.6 Å². The molecule has 4 heteroatoms. The Morgan fingerprint density at radius 1 is 1.15 bits per heavy atom. The summed E-state index contributed by atoms with van der Waals surface area (Å²) in [7, 11) is 0. The number of nitrogens with zero attached hydrogens (tertiary/aromatic N) is 1. The van der Waals surface area contributed by atoms with Gasteiger partial charge in [-0.05, 0) is 17.9 Å². The van der Waals surface area contributed by atoms with E-state index in [-0.39, 0.29) is 5.91 Å². The zero-order chi connectivity index (χ0) is 14.7. The van der Waals surface area contributed by atoms with Crippen LogP contribution in [0.5, 0.6) is 0 Å². The SMILES string of the molecule is CC(C)C(=NNC(=O)c1c[nH]c2ccccc12)C(C)C. The van der Waals surface area contributed by atoms with E-state index < -0.39 is 0 Å². The molecule has 1 heterocycles. The fraction of sp³-hybridized carbons (Fsp3) is 0.375. The molecule has 0 atom stereocenters. The molecular weight excluding hydrogens is 250 g/mol. The summed E-state index contributed by atoms with van der Waals surface area (Å²) < 4.78 is 0. The maximum absolute atomic E-state index is 12.2. The molecular formula is C16H21N3O. The largest absolute Gasteiger partial charge is 0.360 e. The highest BCUT2D eigenvalue weighted by atomic mass is 16.2. The Bertz CT molecular complexity index is 628. The Labute approximate surface area is 119 Å². The van der Waals surface area contributed by atoms with Crippen molar-refractivity contribution >= 4 is 22.5 Å². The standard InChI is InChI=1S/C16H21N3O/c1-10(2)15(11(3)4)18-19-16(20)13-9-17-14-8-6-5-7-12(13)14/h5-11,17H,1-4H3,(H,19,20). The Morgan fingerprint density at radius 2 is 1.80 bits per heavy atom. The van der Waals surface area contributed by atoms with Crippen LogP contribution in [0.3, 0.4) is 0 Å². The number of rotatable bonds is 4. The van der Waals surface area contributed by atoms with E-state index in [4.69, 9.17) is 0 Å². The first kappa shape index (κ1) is 14.3. The van der Waals surface area contributed by atoms with E-state index in [0.29, 0.717) is 17.4 Å². The van der Waals surface area contributed by atoms with Gasteiger partial charge in [0, 0.05) is 22.8 Å². The smallest absolute Gasteiger partial charge is 0.273 e. The minimum absolute atomic E-state index is 0.179. The number of fused-ring (bicyclic) bond motifs is 1. The molecule has 4 nitrogen and oxygen atoms in total. The van der Waals surface area contributed by atoms with E-state index >= 15 is 0 Å². The second-order valence-corrected chi connectivity index (χ2v) is 5.53. The number of nitrogens with one attached hydrogen (secondary N) is 2. The first-order chi connectivity index (χ1) is 9.50. The van der Waals surface area contributed by atoms with E-state index in [2.05, 4.69) is 43.2 Å². The third-order valence-corrected chi connectivity index (χ3v) is 3.30. The first-order valence-corrected chi connectivity index (χ1v) is 6.94. The second kappa shape index (κ2) is 5.90. The van der Waals surface area contributed by atoms with Gasteiger partial charge in [-0.15, -0.1) is 0 Å². The summed E-state index contributed by atoms with van der Waals surface area (Å²) >= 11 is 0.